The van der Waals surface area contributed by atoms with Crippen LogP contribution >= 0.6 is 15.9 Å². The molecule has 0 N–H and O–H groups in total. The Labute approximate surface area is 121 Å². The average Bonchev–Trinajstić information content (AvgIpc) is 3.15. The standard InChI is InChI=1S/C14H18BrN3O/c15-12-8-13(17-14(16-12)9-4-5-9)18-6-7-19-11-3-1-2-10(11)18/h8-11H,1-7H2. The van der Waals surface area contributed by atoms with Crippen molar-refractivity contribution in [1.29, 1.82) is 0 Å². The molecule has 4 rings (SSSR count). The van der Waals surface area contributed by atoms with E-state index in [-0.39, 0.29) is 0 Å². The molecule has 0 spiro atoms. The van der Waals surface area contributed by atoms with Crippen LogP contribution in [0.2, 0.25) is 0 Å². The van der Waals surface area contributed by atoms with Crippen molar-refractivity contribution < 1.29 is 4.74 Å². The van der Waals surface area contributed by atoms with Crippen LogP contribution in [0.4, 0.5) is 5.82 Å². The fourth-order valence-electron chi connectivity index (χ4n) is 3.30. The number of hydrogen-bond acceptors (Lipinski definition) is 4. The molecule has 1 aliphatic heterocycles. The highest BCUT2D eigenvalue weighted by molar-refractivity contribution is 9.10. The van der Waals surface area contributed by atoms with Crippen molar-refractivity contribution in [3.8, 4) is 0 Å². The van der Waals surface area contributed by atoms with Crippen LogP contribution < -0.4 is 4.90 Å². The molecule has 2 aliphatic carbocycles. The average molecular weight is 324 g/mol. The molecular formula is C14H18BrN3O. The Balaban J connectivity index is 1.66. The number of ether oxygens (including phenoxy) is 1. The maximum atomic E-state index is 5.88. The van der Waals surface area contributed by atoms with Gasteiger partial charge in [-0.3, -0.25) is 0 Å². The summed E-state index contributed by atoms with van der Waals surface area (Å²) in [6, 6.07) is 2.58. The lowest BCUT2D eigenvalue weighted by molar-refractivity contribution is 0.0253. The van der Waals surface area contributed by atoms with Gasteiger partial charge in [-0.25, -0.2) is 9.97 Å². The van der Waals surface area contributed by atoms with Crippen molar-refractivity contribution in [1.82, 2.24) is 9.97 Å². The molecule has 5 heteroatoms. The highest BCUT2D eigenvalue weighted by Gasteiger charge is 2.37. The van der Waals surface area contributed by atoms with Gasteiger partial charge < -0.3 is 9.64 Å². The van der Waals surface area contributed by atoms with E-state index >= 15 is 0 Å². The Morgan fingerprint density at radius 1 is 1.21 bits per heavy atom. The number of nitrogens with zero attached hydrogens (tertiary/aromatic N) is 3. The SMILES string of the molecule is Brc1cc(N2CCOC3CCCC32)nc(C2CC2)n1. The minimum absolute atomic E-state index is 0.409. The molecule has 0 aromatic carbocycles. The highest BCUT2D eigenvalue weighted by Crippen LogP contribution is 2.40. The Kier molecular flexibility index (Phi) is 2.99. The maximum absolute atomic E-state index is 5.88. The summed E-state index contributed by atoms with van der Waals surface area (Å²) in [6.45, 7) is 1.77. The van der Waals surface area contributed by atoms with Crippen LogP contribution in [0.3, 0.4) is 0 Å². The van der Waals surface area contributed by atoms with Crippen molar-refractivity contribution in [2.75, 3.05) is 18.1 Å². The van der Waals surface area contributed by atoms with Crippen LogP contribution in [-0.2, 0) is 4.74 Å². The summed E-state index contributed by atoms with van der Waals surface area (Å²) < 4.78 is 6.79. The molecule has 2 heterocycles. The second-order valence-electron chi connectivity index (χ2n) is 5.78. The first-order valence-corrected chi connectivity index (χ1v) is 8.03. The topological polar surface area (TPSA) is 38.2 Å². The largest absolute Gasteiger partial charge is 0.374 e. The van der Waals surface area contributed by atoms with Gasteiger partial charge in [0.2, 0.25) is 0 Å². The quantitative estimate of drug-likeness (QED) is 0.784. The number of halogens is 1. The molecule has 3 aliphatic rings. The Hall–Kier alpha value is -0.680. The fourth-order valence-corrected chi connectivity index (χ4v) is 3.69. The van der Waals surface area contributed by atoms with E-state index in [1.165, 1.54) is 32.1 Å². The van der Waals surface area contributed by atoms with Crippen molar-refractivity contribution in [2.24, 2.45) is 0 Å². The van der Waals surface area contributed by atoms with E-state index in [1.807, 2.05) is 0 Å². The van der Waals surface area contributed by atoms with Crippen LogP contribution in [-0.4, -0.2) is 35.3 Å². The van der Waals surface area contributed by atoms with E-state index in [4.69, 9.17) is 9.72 Å². The van der Waals surface area contributed by atoms with Crippen LogP contribution in [0, 0.1) is 0 Å². The second-order valence-corrected chi connectivity index (χ2v) is 6.59. The van der Waals surface area contributed by atoms with Crippen molar-refractivity contribution in [3.63, 3.8) is 0 Å². The lowest BCUT2D eigenvalue weighted by Gasteiger charge is -2.38. The van der Waals surface area contributed by atoms with Gasteiger partial charge in [0.05, 0.1) is 18.8 Å². The van der Waals surface area contributed by atoms with Gasteiger partial charge >= 0.3 is 0 Å². The van der Waals surface area contributed by atoms with E-state index in [0.717, 1.165) is 29.4 Å². The molecule has 19 heavy (non-hydrogen) atoms. The Bertz CT molecular complexity index is 492. The van der Waals surface area contributed by atoms with Gasteiger partial charge in [0.1, 0.15) is 16.2 Å². The van der Waals surface area contributed by atoms with Crippen molar-refractivity contribution in [3.05, 3.63) is 16.5 Å². The predicted molar refractivity (Wildman–Crippen MR) is 76.4 cm³/mol. The molecule has 1 aromatic heterocycles. The molecule has 4 nitrogen and oxygen atoms in total. The summed E-state index contributed by atoms with van der Waals surface area (Å²) in [5, 5.41) is 0. The fraction of sp³-hybridized carbons (Fsp3) is 0.714. The third kappa shape index (κ3) is 2.27. The molecule has 2 atom stereocenters. The molecule has 3 fully saturated rings. The summed E-state index contributed by atoms with van der Waals surface area (Å²) in [6.07, 6.45) is 6.59. The van der Waals surface area contributed by atoms with Gasteiger partial charge in [-0.2, -0.15) is 0 Å². The molecule has 0 radical (unpaired) electrons. The highest BCUT2D eigenvalue weighted by atomic mass is 79.9. The summed E-state index contributed by atoms with van der Waals surface area (Å²) in [5.74, 6) is 2.70. The zero-order chi connectivity index (χ0) is 12.8. The molecule has 1 saturated heterocycles. The van der Waals surface area contributed by atoms with Gasteiger partial charge in [0.15, 0.2) is 0 Å². The van der Waals surface area contributed by atoms with E-state index in [0.29, 0.717) is 18.1 Å². The molecular weight excluding hydrogens is 306 g/mol. The Morgan fingerprint density at radius 3 is 2.95 bits per heavy atom. The lowest BCUT2D eigenvalue weighted by Crippen LogP contribution is -2.49. The van der Waals surface area contributed by atoms with E-state index in [1.54, 1.807) is 0 Å². The third-order valence-electron chi connectivity index (χ3n) is 4.42. The first kappa shape index (κ1) is 12.1. The summed E-state index contributed by atoms with van der Waals surface area (Å²) in [4.78, 5) is 11.8. The normalized spacial score (nSPS) is 30.5. The van der Waals surface area contributed by atoms with E-state index in [2.05, 4.69) is 31.9 Å². The minimum Gasteiger partial charge on any atom is -0.374 e. The molecule has 2 unspecified atom stereocenters. The zero-order valence-corrected chi connectivity index (χ0v) is 12.5. The van der Waals surface area contributed by atoms with Crippen molar-refractivity contribution >= 4 is 21.7 Å². The van der Waals surface area contributed by atoms with Gasteiger partial charge in [-0.15, -0.1) is 0 Å². The number of hydrogen-bond donors (Lipinski definition) is 0. The van der Waals surface area contributed by atoms with Gasteiger partial charge in [-0.05, 0) is 48.0 Å². The van der Waals surface area contributed by atoms with Gasteiger partial charge in [-0.1, -0.05) is 0 Å². The number of anilines is 1. The predicted octanol–water partition coefficient (Wildman–Crippen LogP) is 2.87. The second kappa shape index (κ2) is 4.70. The monoisotopic (exact) mass is 323 g/mol. The number of fused-ring (bicyclic) bond motifs is 1. The molecule has 0 bridgehead atoms. The minimum atomic E-state index is 0.409. The van der Waals surface area contributed by atoms with E-state index < -0.39 is 0 Å². The van der Waals surface area contributed by atoms with Crippen molar-refractivity contribution in [2.45, 2.75) is 50.2 Å². The number of morpholine rings is 1. The summed E-state index contributed by atoms with van der Waals surface area (Å²) >= 11 is 3.54. The zero-order valence-electron chi connectivity index (χ0n) is 10.9. The number of rotatable bonds is 2. The summed E-state index contributed by atoms with van der Waals surface area (Å²) in [5.41, 5.74) is 0. The Morgan fingerprint density at radius 2 is 2.11 bits per heavy atom. The molecule has 102 valence electrons. The van der Waals surface area contributed by atoms with Crippen LogP contribution in [0.1, 0.15) is 43.8 Å². The third-order valence-corrected chi connectivity index (χ3v) is 4.82. The number of aromatic nitrogens is 2. The van der Waals surface area contributed by atoms with Crippen LogP contribution in [0.15, 0.2) is 10.7 Å². The molecule has 0 amide bonds. The van der Waals surface area contributed by atoms with Gasteiger partial charge in [0.25, 0.3) is 0 Å². The maximum Gasteiger partial charge on any atom is 0.135 e. The smallest absolute Gasteiger partial charge is 0.135 e. The van der Waals surface area contributed by atoms with Crippen LogP contribution in [0.5, 0.6) is 0 Å². The van der Waals surface area contributed by atoms with Crippen LogP contribution in [0.25, 0.3) is 0 Å². The van der Waals surface area contributed by atoms with E-state index in [9.17, 15) is 0 Å². The first-order chi connectivity index (χ1) is 9.31. The molecule has 1 aromatic rings. The summed E-state index contributed by atoms with van der Waals surface area (Å²) in [7, 11) is 0. The first-order valence-electron chi connectivity index (χ1n) is 7.24. The molecule has 2 saturated carbocycles. The van der Waals surface area contributed by atoms with Gasteiger partial charge in [0, 0.05) is 18.5 Å². The lowest BCUT2D eigenvalue weighted by atomic mass is 10.1.